The molecule has 1 aromatic heterocycles. The molecule has 1 rings (SSSR count). The SMILES string of the molecule is Cc1nc(C(=O)O)c(C(C)C)o1. The number of aromatic nitrogens is 1. The second-order valence-corrected chi connectivity index (χ2v) is 2.91. The first-order valence-corrected chi connectivity index (χ1v) is 3.73. The highest BCUT2D eigenvalue weighted by atomic mass is 16.4. The smallest absolute Gasteiger partial charge is 0.358 e. The number of carboxylic acid groups (broad SMARTS) is 1. The van der Waals surface area contributed by atoms with Gasteiger partial charge in [-0.2, -0.15) is 0 Å². The predicted molar refractivity (Wildman–Crippen MR) is 42.3 cm³/mol. The van der Waals surface area contributed by atoms with Crippen LogP contribution in [0.3, 0.4) is 0 Å². The van der Waals surface area contributed by atoms with Crippen molar-refractivity contribution >= 4 is 5.97 Å². The van der Waals surface area contributed by atoms with Crippen LogP contribution in [0.2, 0.25) is 0 Å². The first-order chi connectivity index (χ1) is 5.52. The molecule has 4 nitrogen and oxygen atoms in total. The topological polar surface area (TPSA) is 63.3 Å². The van der Waals surface area contributed by atoms with Crippen molar-refractivity contribution in [2.45, 2.75) is 26.7 Å². The van der Waals surface area contributed by atoms with E-state index >= 15 is 0 Å². The lowest BCUT2D eigenvalue weighted by Gasteiger charge is -1.98. The van der Waals surface area contributed by atoms with Gasteiger partial charge in [-0.1, -0.05) is 13.8 Å². The predicted octanol–water partition coefficient (Wildman–Crippen LogP) is 1.80. The summed E-state index contributed by atoms with van der Waals surface area (Å²) in [6, 6.07) is 0. The van der Waals surface area contributed by atoms with Crippen LogP contribution in [0.15, 0.2) is 4.42 Å². The molecular formula is C8H11NO3. The van der Waals surface area contributed by atoms with Crippen LogP contribution >= 0.6 is 0 Å². The summed E-state index contributed by atoms with van der Waals surface area (Å²) >= 11 is 0. The number of rotatable bonds is 2. The first kappa shape index (κ1) is 8.77. The van der Waals surface area contributed by atoms with Crippen molar-refractivity contribution < 1.29 is 14.3 Å². The van der Waals surface area contributed by atoms with Gasteiger partial charge in [0.05, 0.1) is 0 Å². The van der Waals surface area contributed by atoms with Gasteiger partial charge in [0.2, 0.25) is 0 Å². The van der Waals surface area contributed by atoms with E-state index in [1.165, 1.54) is 0 Å². The molecule has 1 aromatic rings. The maximum Gasteiger partial charge on any atom is 0.358 e. The molecular weight excluding hydrogens is 158 g/mol. The lowest BCUT2D eigenvalue weighted by Crippen LogP contribution is -2.02. The van der Waals surface area contributed by atoms with E-state index in [-0.39, 0.29) is 11.6 Å². The average Bonchev–Trinajstić information content (AvgIpc) is 2.31. The molecule has 66 valence electrons. The molecule has 1 N–H and O–H groups in total. The van der Waals surface area contributed by atoms with E-state index < -0.39 is 5.97 Å². The second-order valence-electron chi connectivity index (χ2n) is 2.91. The van der Waals surface area contributed by atoms with E-state index in [4.69, 9.17) is 9.52 Å². The Hall–Kier alpha value is -1.32. The minimum atomic E-state index is -1.03. The number of aromatic carboxylic acids is 1. The Labute approximate surface area is 70.2 Å². The number of carboxylic acids is 1. The van der Waals surface area contributed by atoms with Gasteiger partial charge in [-0.3, -0.25) is 0 Å². The highest BCUT2D eigenvalue weighted by molar-refractivity contribution is 5.86. The molecule has 0 saturated carbocycles. The van der Waals surface area contributed by atoms with Crippen molar-refractivity contribution in [3.63, 3.8) is 0 Å². The minimum absolute atomic E-state index is 0.0301. The first-order valence-electron chi connectivity index (χ1n) is 3.73. The molecule has 0 bridgehead atoms. The van der Waals surface area contributed by atoms with E-state index in [1.807, 2.05) is 13.8 Å². The van der Waals surface area contributed by atoms with Crippen LogP contribution in [0, 0.1) is 6.92 Å². The van der Waals surface area contributed by atoms with Gasteiger partial charge in [0.1, 0.15) is 5.76 Å². The van der Waals surface area contributed by atoms with Crippen LogP contribution in [0.1, 0.15) is 41.9 Å². The molecule has 0 aromatic carbocycles. The van der Waals surface area contributed by atoms with E-state index in [9.17, 15) is 4.79 Å². The van der Waals surface area contributed by atoms with Crippen LogP contribution in [-0.2, 0) is 0 Å². The van der Waals surface area contributed by atoms with E-state index in [1.54, 1.807) is 6.92 Å². The minimum Gasteiger partial charge on any atom is -0.476 e. The molecule has 0 atom stereocenters. The maximum atomic E-state index is 10.6. The monoisotopic (exact) mass is 169 g/mol. The fourth-order valence-corrected chi connectivity index (χ4v) is 0.987. The maximum absolute atomic E-state index is 10.6. The van der Waals surface area contributed by atoms with Gasteiger partial charge >= 0.3 is 5.97 Å². The number of aryl methyl sites for hydroxylation is 1. The van der Waals surface area contributed by atoms with E-state index in [0.29, 0.717) is 11.7 Å². The molecule has 4 heteroatoms. The average molecular weight is 169 g/mol. The lowest BCUT2D eigenvalue weighted by molar-refractivity contribution is 0.0688. The zero-order valence-electron chi connectivity index (χ0n) is 7.29. The molecule has 0 unspecified atom stereocenters. The summed E-state index contributed by atoms with van der Waals surface area (Å²) < 4.78 is 5.15. The van der Waals surface area contributed by atoms with Crippen molar-refractivity contribution in [1.82, 2.24) is 4.98 Å². The van der Waals surface area contributed by atoms with Gasteiger partial charge in [-0.05, 0) is 0 Å². The van der Waals surface area contributed by atoms with Crippen molar-refractivity contribution in [3.05, 3.63) is 17.3 Å². The number of nitrogens with zero attached hydrogens (tertiary/aromatic N) is 1. The van der Waals surface area contributed by atoms with E-state index in [0.717, 1.165) is 0 Å². The summed E-state index contributed by atoms with van der Waals surface area (Å²) in [4.78, 5) is 14.4. The van der Waals surface area contributed by atoms with Gasteiger partial charge in [0.15, 0.2) is 11.6 Å². The van der Waals surface area contributed by atoms with Crippen LogP contribution < -0.4 is 0 Å². The quantitative estimate of drug-likeness (QED) is 0.733. The van der Waals surface area contributed by atoms with Crippen LogP contribution in [0.5, 0.6) is 0 Å². The van der Waals surface area contributed by atoms with Gasteiger partial charge in [0.25, 0.3) is 0 Å². The van der Waals surface area contributed by atoms with Crippen LogP contribution in [-0.4, -0.2) is 16.1 Å². The van der Waals surface area contributed by atoms with Gasteiger partial charge in [0, 0.05) is 12.8 Å². The molecule has 0 aliphatic carbocycles. The van der Waals surface area contributed by atoms with Gasteiger partial charge in [-0.25, -0.2) is 9.78 Å². The zero-order chi connectivity index (χ0) is 9.30. The summed E-state index contributed by atoms with van der Waals surface area (Å²) in [7, 11) is 0. The highest BCUT2D eigenvalue weighted by Gasteiger charge is 2.19. The standard InChI is InChI=1S/C8H11NO3/c1-4(2)7-6(8(10)11)9-5(3)12-7/h4H,1-3H3,(H,10,11). The molecule has 0 fully saturated rings. The summed E-state index contributed by atoms with van der Waals surface area (Å²) in [6.07, 6.45) is 0. The molecule has 0 radical (unpaired) electrons. The number of oxazole rings is 1. The van der Waals surface area contributed by atoms with Gasteiger partial charge < -0.3 is 9.52 Å². The molecule has 0 aliphatic heterocycles. The Morgan fingerprint density at radius 1 is 1.58 bits per heavy atom. The number of hydrogen-bond acceptors (Lipinski definition) is 3. The Morgan fingerprint density at radius 2 is 2.17 bits per heavy atom. The summed E-state index contributed by atoms with van der Waals surface area (Å²) in [6.45, 7) is 5.37. The molecule has 12 heavy (non-hydrogen) atoms. The third kappa shape index (κ3) is 1.47. The summed E-state index contributed by atoms with van der Waals surface area (Å²) in [5.41, 5.74) is 0.0301. The third-order valence-electron chi connectivity index (χ3n) is 1.49. The molecule has 1 heterocycles. The fourth-order valence-electron chi connectivity index (χ4n) is 0.987. The Kier molecular flexibility index (Phi) is 2.17. The third-order valence-corrected chi connectivity index (χ3v) is 1.49. The normalized spacial score (nSPS) is 10.7. The van der Waals surface area contributed by atoms with Crippen molar-refractivity contribution in [1.29, 1.82) is 0 Å². The Morgan fingerprint density at radius 3 is 2.50 bits per heavy atom. The molecule has 0 spiro atoms. The zero-order valence-corrected chi connectivity index (χ0v) is 7.29. The lowest BCUT2D eigenvalue weighted by atomic mass is 10.1. The van der Waals surface area contributed by atoms with Crippen molar-refractivity contribution in [2.24, 2.45) is 0 Å². The number of carbonyl (C=O) groups is 1. The summed E-state index contributed by atoms with van der Waals surface area (Å²) in [5, 5.41) is 8.71. The molecule has 0 amide bonds. The number of hydrogen-bond donors (Lipinski definition) is 1. The summed E-state index contributed by atoms with van der Waals surface area (Å²) in [5.74, 6) is -0.135. The second kappa shape index (κ2) is 2.97. The van der Waals surface area contributed by atoms with Crippen molar-refractivity contribution in [2.75, 3.05) is 0 Å². The highest BCUT2D eigenvalue weighted by Crippen LogP contribution is 2.20. The van der Waals surface area contributed by atoms with Crippen LogP contribution in [0.25, 0.3) is 0 Å². The van der Waals surface area contributed by atoms with Crippen LogP contribution in [0.4, 0.5) is 0 Å². The largest absolute Gasteiger partial charge is 0.476 e. The van der Waals surface area contributed by atoms with Gasteiger partial charge in [-0.15, -0.1) is 0 Å². The van der Waals surface area contributed by atoms with Crippen molar-refractivity contribution in [3.8, 4) is 0 Å². The van der Waals surface area contributed by atoms with E-state index in [2.05, 4.69) is 4.98 Å². The Balaban J connectivity index is 3.17. The molecule has 0 saturated heterocycles. The Bertz CT molecular complexity index is 301. The fraction of sp³-hybridized carbons (Fsp3) is 0.500. The molecule has 0 aliphatic rings.